The number of aliphatic hydroxyl groups is 2. The summed E-state index contributed by atoms with van der Waals surface area (Å²) in [5.74, 6) is -2.13. The SMILES string of the molecule is CC(=Cc1csc(C)n1)[C@@H]1C[C@H]2[C@@H](CCC[C@H](C)[C@H](O)[C@@H](C)C(=O)C(C)(C)[C@@H](O)CC(=O)O1)N2CCOC(=O)OCCSSCC(C)C(=O)O. The smallest absolute Gasteiger partial charge is 0.481 e. The number of carbonyl (C=O) groups excluding carboxylic acids is 3. The Morgan fingerprint density at radius 2 is 1.86 bits per heavy atom. The van der Waals surface area contributed by atoms with Gasteiger partial charge in [-0.25, -0.2) is 9.78 Å². The van der Waals surface area contributed by atoms with Gasteiger partial charge in [0, 0.05) is 47.9 Å². The summed E-state index contributed by atoms with van der Waals surface area (Å²) >= 11 is 1.52. The van der Waals surface area contributed by atoms with E-state index < -0.39 is 53.7 Å². The molecule has 0 aromatic carbocycles. The lowest BCUT2D eigenvalue weighted by molar-refractivity contribution is -0.154. The standard InChI is InChI=1S/C35H54N2O10S3/c1-20-9-8-10-26-27(37(26)11-12-45-34(44)46-13-14-49-50-18-22(3)33(42)43)16-28(21(2)15-25-19-48-24(5)36-25)47-30(39)17-29(38)35(6,7)32(41)23(4)31(20)40/h15,19-20,22-23,26-29,31,38,40H,8-14,16-18H2,1-7H3,(H,42,43)/t20-,22?,23+,26+,27-,28-,29-,31-,37?/m0/s1. The molecular weight excluding hydrogens is 705 g/mol. The van der Waals surface area contributed by atoms with Crippen LogP contribution in [0.2, 0.25) is 0 Å². The molecule has 0 radical (unpaired) electrons. The van der Waals surface area contributed by atoms with Gasteiger partial charge < -0.3 is 29.5 Å². The predicted octanol–water partition coefficient (Wildman–Crippen LogP) is 5.63. The first-order valence-electron chi connectivity index (χ1n) is 17.3. The van der Waals surface area contributed by atoms with Gasteiger partial charge in [0.25, 0.3) is 0 Å². The molecule has 12 nitrogen and oxygen atoms in total. The number of Topliss-reactive ketones (excluding diaryl/α,β-unsaturated/α-hetero) is 1. The topological polar surface area (TPSA) is 173 Å². The summed E-state index contributed by atoms with van der Waals surface area (Å²) in [6, 6.07) is 0.164. The second-order valence-corrected chi connectivity index (χ2v) is 17.7. The molecule has 2 saturated heterocycles. The molecule has 1 aromatic heterocycles. The zero-order valence-electron chi connectivity index (χ0n) is 30.2. The summed E-state index contributed by atoms with van der Waals surface area (Å²) in [6.07, 6.45) is 0.743. The van der Waals surface area contributed by atoms with Crippen LogP contribution in [0.15, 0.2) is 11.0 Å². The molecule has 3 rings (SSSR count). The molecule has 3 heterocycles. The Morgan fingerprint density at radius 1 is 1.16 bits per heavy atom. The van der Waals surface area contributed by atoms with Crippen molar-refractivity contribution >= 4 is 62.9 Å². The number of aryl methyl sites for hydroxylation is 1. The number of fused-ring (bicyclic) bond motifs is 1. The summed E-state index contributed by atoms with van der Waals surface area (Å²) in [5, 5.41) is 34.0. The molecule has 0 amide bonds. The molecule has 2 aliphatic heterocycles. The Kier molecular flexibility index (Phi) is 16.6. The molecule has 2 unspecified atom stereocenters. The molecule has 9 atom stereocenters. The van der Waals surface area contributed by atoms with E-state index in [9.17, 15) is 29.4 Å². The number of hydrogen-bond donors (Lipinski definition) is 3. The largest absolute Gasteiger partial charge is 0.508 e. The number of carboxylic acids is 1. The lowest BCUT2D eigenvalue weighted by atomic mass is 9.73. The molecule has 0 spiro atoms. The van der Waals surface area contributed by atoms with Gasteiger partial charge in [0.15, 0.2) is 0 Å². The fourth-order valence-corrected chi connectivity index (χ4v) is 8.99. The normalized spacial score (nSPS) is 30.1. The zero-order valence-corrected chi connectivity index (χ0v) is 32.6. The van der Waals surface area contributed by atoms with Gasteiger partial charge in [-0.15, -0.1) is 11.3 Å². The number of cyclic esters (lactones) is 1. The third kappa shape index (κ3) is 12.5. The van der Waals surface area contributed by atoms with E-state index in [0.717, 1.165) is 29.1 Å². The van der Waals surface area contributed by atoms with Gasteiger partial charge in [0.2, 0.25) is 0 Å². The molecule has 2 aliphatic rings. The molecule has 15 heteroatoms. The molecule has 1 aromatic rings. The number of esters is 1. The molecule has 2 fully saturated rings. The van der Waals surface area contributed by atoms with Gasteiger partial charge in [0.05, 0.1) is 40.7 Å². The van der Waals surface area contributed by atoms with Crippen molar-refractivity contribution in [3.8, 4) is 0 Å². The Hall–Kier alpha value is -2.17. The summed E-state index contributed by atoms with van der Waals surface area (Å²) in [7, 11) is 2.85. The van der Waals surface area contributed by atoms with Gasteiger partial charge in [-0.05, 0) is 44.3 Å². The van der Waals surface area contributed by atoms with Crippen molar-refractivity contribution < 1.29 is 48.7 Å². The highest BCUT2D eigenvalue weighted by atomic mass is 33.1. The number of thiazole rings is 1. The fourth-order valence-electron chi connectivity index (χ4n) is 6.25. The minimum absolute atomic E-state index is 0.0320. The van der Waals surface area contributed by atoms with Gasteiger partial charge in [-0.3, -0.25) is 19.3 Å². The number of aliphatic carboxylic acids is 1. The van der Waals surface area contributed by atoms with Crippen LogP contribution < -0.4 is 0 Å². The number of ether oxygens (including phenoxy) is 3. The van der Waals surface area contributed by atoms with Crippen LogP contribution in [0.5, 0.6) is 0 Å². The monoisotopic (exact) mass is 758 g/mol. The summed E-state index contributed by atoms with van der Waals surface area (Å²) in [5.41, 5.74) is 0.301. The Labute approximate surface area is 307 Å². The van der Waals surface area contributed by atoms with Gasteiger partial charge >= 0.3 is 18.1 Å². The van der Waals surface area contributed by atoms with E-state index in [2.05, 4.69) is 9.88 Å². The van der Waals surface area contributed by atoms with Crippen molar-refractivity contribution in [1.29, 1.82) is 0 Å². The fraction of sp³-hybridized carbons (Fsp3) is 0.743. The average Bonchev–Trinajstić information content (AvgIpc) is 3.52. The van der Waals surface area contributed by atoms with Gasteiger partial charge in [-0.1, -0.05) is 62.6 Å². The second-order valence-electron chi connectivity index (χ2n) is 14.1. The Bertz CT molecular complexity index is 1340. The van der Waals surface area contributed by atoms with Crippen LogP contribution >= 0.6 is 32.9 Å². The first kappa shape index (κ1) is 42.2. The van der Waals surface area contributed by atoms with Crippen LogP contribution in [0.25, 0.3) is 6.08 Å². The maximum absolute atomic E-state index is 13.4. The van der Waals surface area contributed by atoms with Crippen LogP contribution in [-0.4, -0.2) is 111 Å². The Balaban J connectivity index is 1.69. The summed E-state index contributed by atoms with van der Waals surface area (Å²) in [4.78, 5) is 56.7. The number of rotatable bonds is 12. The van der Waals surface area contributed by atoms with Gasteiger partial charge in [0.1, 0.15) is 25.1 Å². The number of nitrogens with zero attached hydrogens (tertiary/aromatic N) is 2. The van der Waals surface area contributed by atoms with Crippen molar-refractivity contribution in [1.82, 2.24) is 9.88 Å². The van der Waals surface area contributed by atoms with Crippen molar-refractivity contribution in [2.75, 3.05) is 31.3 Å². The Morgan fingerprint density at radius 3 is 2.52 bits per heavy atom. The van der Waals surface area contributed by atoms with Crippen LogP contribution in [0.4, 0.5) is 4.79 Å². The highest BCUT2D eigenvalue weighted by Gasteiger charge is 2.49. The van der Waals surface area contributed by atoms with E-state index in [1.165, 1.54) is 32.9 Å². The molecule has 0 aliphatic carbocycles. The molecule has 0 saturated carbocycles. The van der Waals surface area contributed by atoms with Crippen molar-refractivity contribution in [3.63, 3.8) is 0 Å². The first-order valence-corrected chi connectivity index (χ1v) is 20.6. The van der Waals surface area contributed by atoms with E-state index in [4.69, 9.17) is 19.3 Å². The summed E-state index contributed by atoms with van der Waals surface area (Å²) in [6.45, 7) is 13.0. The number of carbonyl (C=O) groups is 4. The maximum atomic E-state index is 13.4. The molecular formula is C35H54N2O10S3. The lowest BCUT2D eigenvalue weighted by Gasteiger charge is -2.34. The number of hydrogen-bond acceptors (Lipinski definition) is 14. The number of aliphatic hydroxyl groups excluding tert-OH is 2. The molecule has 0 bridgehead atoms. The van der Waals surface area contributed by atoms with E-state index in [1.54, 1.807) is 27.7 Å². The average molecular weight is 759 g/mol. The van der Waals surface area contributed by atoms with Crippen LogP contribution in [0, 0.1) is 30.1 Å². The van der Waals surface area contributed by atoms with Crippen LogP contribution in [0.3, 0.4) is 0 Å². The third-order valence-corrected chi connectivity index (χ3v) is 13.1. The second kappa shape index (κ2) is 19.6. The van der Waals surface area contributed by atoms with Crippen molar-refractivity contribution in [2.45, 2.75) is 111 Å². The van der Waals surface area contributed by atoms with Crippen LogP contribution in [-0.2, 0) is 28.6 Å². The quantitative estimate of drug-likeness (QED) is 0.104. The number of ketones is 1. The van der Waals surface area contributed by atoms with E-state index in [-0.39, 0.29) is 43.4 Å². The highest BCUT2D eigenvalue weighted by molar-refractivity contribution is 8.76. The zero-order chi connectivity index (χ0) is 37.2. The van der Waals surface area contributed by atoms with Crippen LogP contribution in [0.1, 0.15) is 84.3 Å². The third-order valence-electron chi connectivity index (χ3n) is 9.73. The summed E-state index contributed by atoms with van der Waals surface area (Å²) < 4.78 is 16.5. The minimum atomic E-state index is -1.30. The minimum Gasteiger partial charge on any atom is -0.481 e. The first-order chi connectivity index (χ1) is 23.5. The maximum Gasteiger partial charge on any atom is 0.508 e. The van der Waals surface area contributed by atoms with Gasteiger partial charge in [-0.2, -0.15) is 0 Å². The van der Waals surface area contributed by atoms with Crippen molar-refractivity contribution in [2.24, 2.45) is 23.2 Å². The molecule has 3 N–H and O–H groups in total. The molecule has 50 heavy (non-hydrogen) atoms. The highest BCUT2D eigenvalue weighted by Crippen LogP contribution is 2.39. The number of carboxylic acid groups (broad SMARTS) is 1. The van der Waals surface area contributed by atoms with E-state index in [1.807, 2.05) is 32.2 Å². The van der Waals surface area contributed by atoms with E-state index in [0.29, 0.717) is 30.9 Å². The van der Waals surface area contributed by atoms with E-state index >= 15 is 0 Å². The number of aromatic nitrogens is 1. The molecule has 282 valence electrons. The van der Waals surface area contributed by atoms with Crippen molar-refractivity contribution in [3.05, 3.63) is 21.7 Å². The predicted molar refractivity (Wildman–Crippen MR) is 196 cm³/mol. The lowest BCUT2D eigenvalue weighted by Crippen LogP contribution is -2.45.